The quantitative estimate of drug-likeness (QED) is 0.522. The molecule has 8 nitrogen and oxygen atoms in total. The van der Waals surface area contributed by atoms with Crippen LogP contribution in [0.15, 0.2) is 48.3 Å². The van der Waals surface area contributed by atoms with Gasteiger partial charge in [-0.1, -0.05) is 49.3 Å². The summed E-state index contributed by atoms with van der Waals surface area (Å²) >= 11 is 0. The fraction of sp³-hybridized carbons (Fsp3) is 0.423. The molecule has 0 radical (unpaired) electrons. The van der Waals surface area contributed by atoms with Gasteiger partial charge in [-0.3, -0.25) is 9.59 Å². The zero-order valence-corrected chi connectivity index (χ0v) is 19.8. The number of hydrogen-bond donors (Lipinski definition) is 3. The second kappa shape index (κ2) is 10.6. The number of nitrogens with two attached hydrogens (primary N) is 1. The number of aromatic nitrogens is 2. The van der Waals surface area contributed by atoms with Crippen molar-refractivity contribution in [3.05, 3.63) is 59.4 Å². The molecule has 0 spiro atoms. The van der Waals surface area contributed by atoms with Crippen molar-refractivity contribution >= 4 is 17.6 Å². The van der Waals surface area contributed by atoms with Crippen LogP contribution >= 0.6 is 0 Å². The van der Waals surface area contributed by atoms with Gasteiger partial charge < -0.3 is 21.1 Å². The number of rotatable bonds is 9. The summed E-state index contributed by atoms with van der Waals surface area (Å²) in [7, 11) is 1.58. The van der Waals surface area contributed by atoms with Gasteiger partial charge >= 0.3 is 0 Å². The van der Waals surface area contributed by atoms with E-state index in [0.717, 1.165) is 36.8 Å². The summed E-state index contributed by atoms with van der Waals surface area (Å²) in [5, 5.41) is 11.1. The molecule has 4 N–H and O–H groups in total. The summed E-state index contributed by atoms with van der Waals surface area (Å²) in [5.41, 5.74) is 8.60. The Morgan fingerprint density at radius 2 is 1.94 bits per heavy atom. The van der Waals surface area contributed by atoms with Crippen molar-refractivity contribution < 1.29 is 14.3 Å². The van der Waals surface area contributed by atoms with Crippen LogP contribution in [0.5, 0.6) is 0 Å². The topological polar surface area (TPSA) is 111 Å². The molecule has 34 heavy (non-hydrogen) atoms. The maximum absolute atomic E-state index is 12.6. The lowest BCUT2D eigenvalue weighted by Crippen LogP contribution is -2.32. The van der Waals surface area contributed by atoms with Crippen molar-refractivity contribution in [2.45, 2.75) is 51.6 Å². The molecule has 1 heterocycles. The van der Waals surface area contributed by atoms with Crippen molar-refractivity contribution in [1.29, 1.82) is 0 Å². The number of methoxy groups -OCH3 is 1. The minimum absolute atomic E-state index is 0.0665. The van der Waals surface area contributed by atoms with Gasteiger partial charge in [-0.25, -0.2) is 4.68 Å². The fourth-order valence-corrected chi connectivity index (χ4v) is 4.77. The first kappa shape index (κ1) is 23.6. The van der Waals surface area contributed by atoms with Crippen molar-refractivity contribution in [2.75, 3.05) is 19.0 Å². The average molecular weight is 464 g/mol. The van der Waals surface area contributed by atoms with Crippen LogP contribution < -0.4 is 16.4 Å². The molecule has 2 aliphatic carbocycles. The predicted octanol–water partition coefficient (Wildman–Crippen LogP) is 3.92. The van der Waals surface area contributed by atoms with E-state index in [1.165, 1.54) is 0 Å². The number of anilines is 1. The minimum Gasteiger partial charge on any atom is -0.500 e. The fourth-order valence-electron chi connectivity index (χ4n) is 4.77. The van der Waals surface area contributed by atoms with E-state index < -0.39 is 5.91 Å². The normalized spacial score (nSPS) is 17.9. The Morgan fingerprint density at radius 1 is 1.21 bits per heavy atom. The molecule has 1 fully saturated rings. The molecule has 4 rings (SSSR count). The Morgan fingerprint density at radius 3 is 2.59 bits per heavy atom. The predicted molar refractivity (Wildman–Crippen MR) is 132 cm³/mol. The van der Waals surface area contributed by atoms with E-state index in [-0.39, 0.29) is 17.9 Å². The van der Waals surface area contributed by atoms with Crippen LogP contribution in [0, 0.1) is 5.92 Å². The number of nitrogens with zero attached hydrogens (tertiary/aromatic N) is 2. The summed E-state index contributed by atoms with van der Waals surface area (Å²) < 4.78 is 7.29. The van der Waals surface area contributed by atoms with Crippen molar-refractivity contribution in [1.82, 2.24) is 15.1 Å². The first-order chi connectivity index (χ1) is 16.5. The van der Waals surface area contributed by atoms with E-state index in [0.29, 0.717) is 42.3 Å². The van der Waals surface area contributed by atoms with Gasteiger partial charge in [0, 0.05) is 18.7 Å². The highest BCUT2D eigenvalue weighted by molar-refractivity contribution is 6.03. The molecule has 2 aliphatic rings. The molecule has 1 atom stereocenters. The molecule has 2 aromatic rings. The molecular formula is C26H33N5O3. The molecule has 2 amide bonds. The number of allylic oxidation sites excluding steroid dienone is 3. The van der Waals surface area contributed by atoms with Gasteiger partial charge in [-0.2, -0.15) is 5.10 Å². The van der Waals surface area contributed by atoms with Gasteiger partial charge in [0.25, 0.3) is 5.91 Å². The third-order valence-corrected chi connectivity index (χ3v) is 6.53. The highest BCUT2D eigenvalue weighted by Crippen LogP contribution is 2.36. The van der Waals surface area contributed by atoms with E-state index in [4.69, 9.17) is 15.6 Å². The lowest BCUT2D eigenvalue weighted by Gasteiger charge is -2.19. The Kier molecular flexibility index (Phi) is 7.35. The second-order valence-electron chi connectivity index (χ2n) is 8.75. The maximum atomic E-state index is 12.6. The zero-order valence-electron chi connectivity index (χ0n) is 19.8. The Hall–Kier alpha value is -3.55. The molecule has 0 bridgehead atoms. The van der Waals surface area contributed by atoms with Crippen LogP contribution in [0.25, 0.3) is 11.3 Å². The number of carbonyl (C=O) groups is 2. The van der Waals surface area contributed by atoms with Gasteiger partial charge in [0.15, 0.2) is 0 Å². The van der Waals surface area contributed by atoms with Crippen LogP contribution in [0.2, 0.25) is 0 Å². The van der Waals surface area contributed by atoms with Crippen LogP contribution in [0.3, 0.4) is 0 Å². The molecule has 180 valence electrons. The SMILES string of the molecule is CCNc1c(C(N)=O)c(-c2ccc(CNC(=O)C3CC=CC=C3OC)cc2)nn1C1CCCC1. The minimum atomic E-state index is -0.491. The number of ether oxygens (including phenoxy) is 1. The largest absolute Gasteiger partial charge is 0.500 e. The molecular weight excluding hydrogens is 430 g/mol. The summed E-state index contributed by atoms with van der Waals surface area (Å²) in [6, 6.07) is 8.01. The number of benzene rings is 1. The molecule has 8 heteroatoms. The van der Waals surface area contributed by atoms with Crippen LogP contribution in [0.1, 0.15) is 61.0 Å². The van der Waals surface area contributed by atoms with Crippen molar-refractivity contribution in [2.24, 2.45) is 11.7 Å². The summed E-state index contributed by atoms with van der Waals surface area (Å²) in [5.74, 6) is 0.509. The second-order valence-corrected chi connectivity index (χ2v) is 8.75. The van der Waals surface area contributed by atoms with E-state index in [2.05, 4.69) is 10.6 Å². The molecule has 1 aromatic carbocycles. The maximum Gasteiger partial charge on any atom is 0.254 e. The van der Waals surface area contributed by atoms with Crippen LogP contribution in [0.4, 0.5) is 5.82 Å². The number of primary amides is 1. The van der Waals surface area contributed by atoms with Crippen LogP contribution in [-0.4, -0.2) is 35.2 Å². The Labute approximate surface area is 200 Å². The number of hydrogen-bond acceptors (Lipinski definition) is 5. The summed E-state index contributed by atoms with van der Waals surface area (Å²) in [4.78, 5) is 25.1. The van der Waals surface area contributed by atoms with Gasteiger partial charge in [0.1, 0.15) is 22.8 Å². The lowest BCUT2D eigenvalue weighted by atomic mass is 9.97. The number of carbonyl (C=O) groups excluding carboxylic acids is 2. The first-order valence-corrected chi connectivity index (χ1v) is 12.0. The van der Waals surface area contributed by atoms with Gasteiger partial charge in [0.05, 0.1) is 19.1 Å². The number of amides is 2. The van der Waals surface area contributed by atoms with E-state index >= 15 is 0 Å². The Balaban J connectivity index is 1.52. The molecule has 0 aliphatic heterocycles. The van der Waals surface area contributed by atoms with E-state index in [1.54, 1.807) is 7.11 Å². The van der Waals surface area contributed by atoms with Crippen LogP contribution in [-0.2, 0) is 16.1 Å². The first-order valence-electron chi connectivity index (χ1n) is 12.0. The van der Waals surface area contributed by atoms with Gasteiger partial charge in [-0.15, -0.1) is 0 Å². The van der Waals surface area contributed by atoms with Gasteiger partial charge in [-0.05, 0) is 37.8 Å². The monoisotopic (exact) mass is 463 g/mol. The summed E-state index contributed by atoms with van der Waals surface area (Å²) in [6.45, 7) is 3.07. The summed E-state index contributed by atoms with van der Waals surface area (Å²) in [6.07, 6.45) is 10.7. The average Bonchev–Trinajstić information content (AvgIpc) is 3.51. The smallest absolute Gasteiger partial charge is 0.254 e. The van der Waals surface area contributed by atoms with Crippen molar-refractivity contribution in [3.8, 4) is 11.3 Å². The van der Waals surface area contributed by atoms with Crippen molar-refractivity contribution in [3.63, 3.8) is 0 Å². The third kappa shape index (κ3) is 4.85. The standard InChI is InChI=1S/C26H33N5O3/c1-3-28-25-22(24(27)32)23(30-31(25)19-8-4-5-9-19)18-14-12-17(13-15-18)16-29-26(33)20-10-6-7-11-21(20)34-2/h6-7,11-15,19-20,28H,3-5,8-10,16H2,1-2H3,(H2,27,32)(H,29,33). The molecule has 1 aromatic heterocycles. The van der Waals surface area contributed by atoms with Gasteiger partial charge in [0.2, 0.25) is 5.91 Å². The molecule has 1 saturated carbocycles. The molecule has 0 saturated heterocycles. The van der Waals surface area contributed by atoms with E-state index in [1.807, 2.05) is 54.1 Å². The number of nitrogens with one attached hydrogen (secondary N) is 2. The lowest BCUT2D eigenvalue weighted by molar-refractivity contribution is -0.125. The highest BCUT2D eigenvalue weighted by atomic mass is 16.5. The van der Waals surface area contributed by atoms with E-state index in [9.17, 15) is 9.59 Å². The Bertz CT molecular complexity index is 1090. The third-order valence-electron chi connectivity index (χ3n) is 6.53. The molecule has 1 unspecified atom stereocenters. The zero-order chi connectivity index (χ0) is 24.1. The highest BCUT2D eigenvalue weighted by Gasteiger charge is 2.28.